The Bertz CT molecular complexity index is 992. The van der Waals surface area contributed by atoms with Crippen LogP contribution in [0.3, 0.4) is 0 Å². The number of carbonyl (C=O) groups excluding carboxylic acids is 2. The monoisotopic (exact) mass is 477 g/mol. The standard InChI is InChI=1S/C26H30F3NO4/c1-4-30(23(31)19-9-13-21(14-10-19)25(2,33)26(27,28)29)22-15-11-18(12-16-22)17-5-7-20(8-6-17)24(32)34-3/h5-10,13-14,18,22,33H,4,11-12,15-16H2,1-3H3/t18-,22-,25-/m0/s1. The molecule has 1 N–H and O–H groups in total. The van der Waals surface area contributed by atoms with Crippen molar-refractivity contribution in [2.45, 2.75) is 63.3 Å². The zero-order valence-electron chi connectivity index (χ0n) is 19.6. The van der Waals surface area contributed by atoms with Gasteiger partial charge in [-0.2, -0.15) is 13.2 Å². The summed E-state index contributed by atoms with van der Waals surface area (Å²) in [4.78, 5) is 26.5. The molecule has 1 aliphatic carbocycles. The number of alkyl halides is 3. The summed E-state index contributed by atoms with van der Waals surface area (Å²) < 4.78 is 44.0. The summed E-state index contributed by atoms with van der Waals surface area (Å²) in [6, 6.07) is 12.4. The van der Waals surface area contributed by atoms with Gasteiger partial charge >= 0.3 is 12.1 Å². The van der Waals surface area contributed by atoms with Gasteiger partial charge in [-0.25, -0.2) is 4.79 Å². The highest BCUT2D eigenvalue weighted by atomic mass is 19.4. The van der Waals surface area contributed by atoms with E-state index in [9.17, 15) is 27.9 Å². The second-order valence-corrected chi connectivity index (χ2v) is 8.86. The minimum atomic E-state index is -4.81. The maximum absolute atomic E-state index is 13.1. The molecule has 5 nitrogen and oxygen atoms in total. The van der Waals surface area contributed by atoms with E-state index >= 15 is 0 Å². The van der Waals surface area contributed by atoms with Crippen molar-refractivity contribution in [1.29, 1.82) is 0 Å². The van der Waals surface area contributed by atoms with Crippen LogP contribution in [0.15, 0.2) is 48.5 Å². The zero-order valence-corrected chi connectivity index (χ0v) is 19.6. The molecule has 0 aromatic heterocycles. The fraction of sp³-hybridized carbons (Fsp3) is 0.462. The number of rotatable bonds is 6. The Labute approximate surface area is 197 Å². The van der Waals surface area contributed by atoms with E-state index in [2.05, 4.69) is 0 Å². The van der Waals surface area contributed by atoms with E-state index in [1.54, 1.807) is 17.0 Å². The molecule has 1 atom stereocenters. The van der Waals surface area contributed by atoms with Crippen molar-refractivity contribution in [2.24, 2.45) is 0 Å². The second-order valence-electron chi connectivity index (χ2n) is 8.86. The topological polar surface area (TPSA) is 66.8 Å². The Hall–Kier alpha value is -2.87. The van der Waals surface area contributed by atoms with Gasteiger partial charge in [-0.3, -0.25) is 4.79 Å². The fourth-order valence-corrected chi connectivity index (χ4v) is 4.56. The highest BCUT2D eigenvalue weighted by Gasteiger charge is 2.51. The molecule has 34 heavy (non-hydrogen) atoms. The van der Waals surface area contributed by atoms with Crippen LogP contribution >= 0.6 is 0 Å². The first-order valence-electron chi connectivity index (χ1n) is 11.4. The molecule has 0 aliphatic heterocycles. The van der Waals surface area contributed by atoms with Crippen LogP contribution in [0.25, 0.3) is 0 Å². The maximum Gasteiger partial charge on any atom is 0.421 e. The lowest BCUT2D eigenvalue weighted by atomic mass is 9.81. The van der Waals surface area contributed by atoms with Gasteiger partial charge in [0.05, 0.1) is 12.7 Å². The van der Waals surface area contributed by atoms with Crippen LogP contribution in [0, 0.1) is 0 Å². The van der Waals surface area contributed by atoms with E-state index in [1.807, 2.05) is 19.1 Å². The molecular formula is C26H30F3NO4. The number of esters is 1. The largest absolute Gasteiger partial charge is 0.465 e. The van der Waals surface area contributed by atoms with Crippen LogP contribution in [-0.4, -0.2) is 47.8 Å². The van der Waals surface area contributed by atoms with Crippen molar-refractivity contribution in [3.05, 3.63) is 70.8 Å². The van der Waals surface area contributed by atoms with Gasteiger partial charge < -0.3 is 14.7 Å². The summed E-state index contributed by atoms with van der Waals surface area (Å²) in [7, 11) is 1.35. The van der Waals surface area contributed by atoms with Gasteiger partial charge in [0.25, 0.3) is 5.91 Å². The van der Waals surface area contributed by atoms with Gasteiger partial charge in [-0.05, 0) is 80.8 Å². The predicted octanol–water partition coefficient (Wildman–Crippen LogP) is 5.43. The second kappa shape index (κ2) is 10.2. The Morgan fingerprint density at radius 1 is 0.971 bits per heavy atom. The summed E-state index contributed by atoms with van der Waals surface area (Å²) in [6.45, 7) is 3.08. The molecule has 0 saturated heterocycles. The van der Waals surface area contributed by atoms with Crippen LogP contribution in [0.2, 0.25) is 0 Å². The number of ether oxygens (including phenoxy) is 1. The molecule has 0 radical (unpaired) electrons. The number of methoxy groups -OCH3 is 1. The van der Waals surface area contributed by atoms with Crippen molar-refractivity contribution in [2.75, 3.05) is 13.7 Å². The number of nitrogens with zero attached hydrogens (tertiary/aromatic N) is 1. The molecule has 184 valence electrons. The molecule has 2 aromatic carbocycles. The Balaban J connectivity index is 1.65. The molecule has 1 aliphatic rings. The molecule has 0 unspecified atom stereocenters. The van der Waals surface area contributed by atoms with E-state index in [4.69, 9.17) is 4.74 Å². The highest BCUT2D eigenvalue weighted by Crippen LogP contribution is 2.39. The molecule has 0 bridgehead atoms. The maximum atomic E-state index is 13.1. The third-order valence-electron chi connectivity index (χ3n) is 6.79. The van der Waals surface area contributed by atoms with Gasteiger partial charge in [-0.1, -0.05) is 24.3 Å². The molecule has 8 heteroatoms. The number of amides is 1. The number of halogens is 3. The molecular weight excluding hydrogens is 447 g/mol. The van der Waals surface area contributed by atoms with E-state index < -0.39 is 11.8 Å². The predicted molar refractivity (Wildman–Crippen MR) is 122 cm³/mol. The molecule has 1 saturated carbocycles. The normalized spacial score (nSPS) is 20.3. The number of carbonyl (C=O) groups is 2. The zero-order chi connectivity index (χ0) is 25.1. The fourth-order valence-electron chi connectivity index (χ4n) is 4.56. The SMILES string of the molecule is CCN(C(=O)c1ccc([C@](C)(O)C(F)(F)F)cc1)[C@H]1CC[C@H](c2ccc(C(=O)OC)cc2)CC1. The first-order valence-corrected chi connectivity index (χ1v) is 11.4. The van der Waals surface area contributed by atoms with Crippen molar-refractivity contribution in [3.8, 4) is 0 Å². The summed E-state index contributed by atoms with van der Waals surface area (Å²) in [5.41, 5.74) is -1.34. The van der Waals surface area contributed by atoms with Crippen molar-refractivity contribution >= 4 is 11.9 Å². The van der Waals surface area contributed by atoms with E-state index in [1.165, 1.54) is 19.2 Å². The van der Waals surface area contributed by atoms with E-state index in [-0.39, 0.29) is 23.5 Å². The minimum Gasteiger partial charge on any atom is -0.465 e. The average Bonchev–Trinajstić information content (AvgIpc) is 2.84. The van der Waals surface area contributed by atoms with E-state index in [0.29, 0.717) is 30.5 Å². The Morgan fingerprint density at radius 3 is 1.97 bits per heavy atom. The molecule has 0 spiro atoms. The molecule has 2 aromatic rings. The number of hydrogen-bond donors (Lipinski definition) is 1. The quantitative estimate of drug-likeness (QED) is 0.564. The van der Waals surface area contributed by atoms with Crippen LogP contribution in [0.4, 0.5) is 13.2 Å². The average molecular weight is 478 g/mol. The van der Waals surface area contributed by atoms with Crippen LogP contribution in [-0.2, 0) is 10.3 Å². The smallest absolute Gasteiger partial charge is 0.421 e. The van der Waals surface area contributed by atoms with Crippen LogP contribution < -0.4 is 0 Å². The van der Waals surface area contributed by atoms with Gasteiger partial charge in [0.2, 0.25) is 0 Å². The Kier molecular flexibility index (Phi) is 7.70. The first-order chi connectivity index (χ1) is 16.0. The summed E-state index contributed by atoms with van der Waals surface area (Å²) >= 11 is 0. The van der Waals surface area contributed by atoms with Gasteiger partial charge in [0.1, 0.15) is 0 Å². The first kappa shape index (κ1) is 25.7. The lowest BCUT2D eigenvalue weighted by molar-refractivity contribution is -0.258. The highest BCUT2D eigenvalue weighted by molar-refractivity contribution is 5.94. The molecule has 1 amide bonds. The van der Waals surface area contributed by atoms with E-state index in [0.717, 1.165) is 43.4 Å². The molecule has 1 fully saturated rings. The lowest BCUT2D eigenvalue weighted by Crippen LogP contribution is -2.42. The number of benzene rings is 2. The van der Waals surface area contributed by atoms with Crippen LogP contribution in [0.1, 0.15) is 77.3 Å². The summed E-state index contributed by atoms with van der Waals surface area (Å²) in [5.74, 6) is -0.269. The van der Waals surface area contributed by atoms with Crippen LogP contribution in [0.5, 0.6) is 0 Å². The van der Waals surface area contributed by atoms with Gasteiger partial charge in [0.15, 0.2) is 5.60 Å². The molecule has 3 rings (SSSR count). The van der Waals surface area contributed by atoms with Crippen molar-refractivity contribution in [1.82, 2.24) is 4.90 Å². The third kappa shape index (κ3) is 5.27. The third-order valence-corrected chi connectivity index (χ3v) is 6.79. The van der Waals surface area contributed by atoms with Gasteiger partial charge in [0, 0.05) is 18.2 Å². The Morgan fingerprint density at radius 2 is 1.50 bits per heavy atom. The lowest BCUT2D eigenvalue weighted by Gasteiger charge is -2.37. The van der Waals surface area contributed by atoms with Crippen molar-refractivity contribution in [3.63, 3.8) is 0 Å². The summed E-state index contributed by atoms with van der Waals surface area (Å²) in [6.07, 6.45) is -1.42. The van der Waals surface area contributed by atoms with Gasteiger partial charge in [-0.15, -0.1) is 0 Å². The van der Waals surface area contributed by atoms with Crippen molar-refractivity contribution < 1.29 is 32.6 Å². The summed E-state index contributed by atoms with van der Waals surface area (Å²) in [5, 5.41) is 9.84. The number of hydrogen-bond acceptors (Lipinski definition) is 4. The minimum absolute atomic E-state index is 0.0426. The number of aliphatic hydroxyl groups is 1. The molecule has 0 heterocycles.